The summed E-state index contributed by atoms with van der Waals surface area (Å²) in [4.78, 5) is 14.9. The monoisotopic (exact) mass is 593 g/mol. The summed E-state index contributed by atoms with van der Waals surface area (Å²) < 4.78 is 12.6. The highest BCUT2D eigenvalue weighted by molar-refractivity contribution is 6.32. The van der Waals surface area contributed by atoms with Crippen LogP contribution in [0.1, 0.15) is 40.3 Å². The number of hydrogen-bond donors (Lipinski definition) is 3. The van der Waals surface area contributed by atoms with E-state index in [1.165, 1.54) is 17.2 Å². The molecule has 0 heterocycles. The van der Waals surface area contributed by atoms with Gasteiger partial charge in [-0.25, -0.2) is 4.85 Å². The summed E-state index contributed by atoms with van der Waals surface area (Å²) in [5.41, 5.74) is 6.50. The molecule has 0 fully saturated rings. The Bertz CT molecular complexity index is 1700. The van der Waals surface area contributed by atoms with E-state index in [9.17, 15) is 20.3 Å². The van der Waals surface area contributed by atoms with Gasteiger partial charge in [-0.1, -0.05) is 60.1 Å². The standard InChI is InChI=1S/C34H28ClN3O5/c1-37-25-13-21(17-36)12-22(14-25)20-42-32-16-33(29(35)15-24(32)18-38-30(19-39)34(40)41)43-31-11-10-27-26(8-5-9-28(27)31)23-6-3-2-4-7-23/h2-9,12-16,30-31,38-39H,10-11,18-20H2,(H,40,41)/t30-,31-/m0/s1. The number of rotatable bonds is 11. The smallest absolute Gasteiger partial charge is 0.323 e. The van der Waals surface area contributed by atoms with Gasteiger partial charge in [-0.2, -0.15) is 5.26 Å². The Morgan fingerprint density at radius 1 is 1.12 bits per heavy atom. The molecule has 0 bridgehead atoms. The molecule has 0 aromatic heterocycles. The summed E-state index contributed by atoms with van der Waals surface area (Å²) in [5.74, 6) is -0.393. The second-order valence-electron chi connectivity index (χ2n) is 10.1. The largest absolute Gasteiger partial charge is 0.488 e. The number of carbonyl (C=O) groups is 1. The maximum absolute atomic E-state index is 11.4. The summed E-state index contributed by atoms with van der Waals surface area (Å²) in [6.07, 6.45) is 1.39. The van der Waals surface area contributed by atoms with Crippen LogP contribution >= 0.6 is 11.6 Å². The average Bonchev–Trinajstić information content (AvgIpc) is 3.44. The summed E-state index contributed by atoms with van der Waals surface area (Å²) in [5, 5.41) is 31.3. The maximum atomic E-state index is 11.4. The number of ether oxygens (including phenoxy) is 2. The fourth-order valence-corrected chi connectivity index (χ4v) is 5.46. The molecule has 0 radical (unpaired) electrons. The van der Waals surface area contributed by atoms with E-state index in [-0.39, 0.29) is 19.3 Å². The van der Waals surface area contributed by atoms with Crippen LogP contribution < -0.4 is 14.8 Å². The molecule has 3 N–H and O–H groups in total. The molecular weight excluding hydrogens is 566 g/mol. The van der Waals surface area contributed by atoms with E-state index in [1.54, 1.807) is 24.3 Å². The highest BCUT2D eigenvalue weighted by atomic mass is 35.5. The first-order chi connectivity index (χ1) is 20.9. The van der Waals surface area contributed by atoms with E-state index >= 15 is 0 Å². The third kappa shape index (κ3) is 6.80. The third-order valence-electron chi connectivity index (χ3n) is 7.33. The molecule has 0 unspecified atom stereocenters. The summed E-state index contributed by atoms with van der Waals surface area (Å²) in [6, 6.07) is 25.4. The Balaban J connectivity index is 1.44. The van der Waals surface area contributed by atoms with Gasteiger partial charge in [-0.3, -0.25) is 10.1 Å². The average molecular weight is 594 g/mol. The molecule has 2 atom stereocenters. The number of benzene rings is 4. The van der Waals surface area contributed by atoms with Crippen LogP contribution in [0.15, 0.2) is 78.9 Å². The van der Waals surface area contributed by atoms with Gasteiger partial charge in [-0.15, -0.1) is 0 Å². The molecule has 0 saturated carbocycles. The molecule has 4 aromatic rings. The zero-order valence-corrected chi connectivity index (χ0v) is 23.8. The molecule has 0 saturated heterocycles. The van der Waals surface area contributed by atoms with E-state index in [0.29, 0.717) is 38.9 Å². The third-order valence-corrected chi connectivity index (χ3v) is 7.63. The molecule has 1 aliphatic carbocycles. The molecule has 1 aliphatic rings. The van der Waals surface area contributed by atoms with Crippen LogP contribution in [0.3, 0.4) is 0 Å². The van der Waals surface area contributed by atoms with E-state index in [4.69, 9.17) is 27.6 Å². The Hall–Kier alpha value is -4.86. The van der Waals surface area contributed by atoms with Crippen molar-refractivity contribution in [1.29, 1.82) is 5.26 Å². The number of nitrogens with one attached hydrogen (secondary N) is 1. The number of nitriles is 1. The second kappa shape index (κ2) is 13.4. The minimum atomic E-state index is -1.19. The molecule has 0 spiro atoms. The van der Waals surface area contributed by atoms with Crippen molar-refractivity contribution in [1.82, 2.24) is 5.32 Å². The molecule has 0 aliphatic heterocycles. The minimum Gasteiger partial charge on any atom is -0.488 e. The van der Waals surface area contributed by atoms with Crippen molar-refractivity contribution in [2.45, 2.75) is 38.1 Å². The van der Waals surface area contributed by atoms with Crippen LogP contribution in [0, 0.1) is 17.9 Å². The number of aliphatic hydroxyl groups excluding tert-OH is 1. The number of hydrogen-bond acceptors (Lipinski definition) is 6. The molecular formula is C34H28ClN3O5. The first kappa shape index (κ1) is 29.6. The predicted molar refractivity (Wildman–Crippen MR) is 162 cm³/mol. The van der Waals surface area contributed by atoms with Crippen LogP contribution in [0.25, 0.3) is 16.0 Å². The SMILES string of the molecule is [C-]#[N+]c1cc(C#N)cc(COc2cc(O[C@H]3CCc4c(-c5ccccc5)cccc43)c(Cl)cc2CN[C@@H](CO)C(=O)O)c1. The molecule has 0 amide bonds. The van der Waals surface area contributed by atoms with Gasteiger partial charge in [0, 0.05) is 23.7 Å². The van der Waals surface area contributed by atoms with E-state index in [2.05, 4.69) is 40.5 Å². The van der Waals surface area contributed by atoms with Gasteiger partial charge in [0.1, 0.15) is 30.3 Å². The van der Waals surface area contributed by atoms with E-state index < -0.39 is 18.6 Å². The maximum Gasteiger partial charge on any atom is 0.323 e. The van der Waals surface area contributed by atoms with Crippen molar-refractivity contribution < 1.29 is 24.5 Å². The fourth-order valence-electron chi connectivity index (χ4n) is 5.23. The minimum absolute atomic E-state index is 0.0428. The number of fused-ring (bicyclic) bond motifs is 1. The highest BCUT2D eigenvalue weighted by Gasteiger charge is 2.28. The number of aliphatic hydroxyl groups is 1. The lowest BCUT2D eigenvalue weighted by Gasteiger charge is -2.20. The molecule has 8 nitrogen and oxygen atoms in total. The van der Waals surface area contributed by atoms with Gasteiger partial charge in [0.25, 0.3) is 0 Å². The van der Waals surface area contributed by atoms with Crippen molar-refractivity contribution in [2.75, 3.05) is 6.61 Å². The first-order valence-corrected chi connectivity index (χ1v) is 14.1. The predicted octanol–water partition coefficient (Wildman–Crippen LogP) is 6.61. The van der Waals surface area contributed by atoms with Crippen LogP contribution in [0.4, 0.5) is 5.69 Å². The second-order valence-corrected chi connectivity index (χ2v) is 10.5. The quantitative estimate of drug-likeness (QED) is 0.168. The number of aliphatic carboxylic acids is 1. The van der Waals surface area contributed by atoms with Crippen molar-refractivity contribution in [3.63, 3.8) is 0 Å². The number of halogens is 1. The first-order valence-electron chi connectivity index (χ1n) is 13.7. The number of carboxylic acids is 1. The van der Waals surface area contributed by atoms with Crippen LogP contribution in [-0.4, -0.2) is 28.8 Å². The van der Waals surface area contributed by atoms with Crippen molar-refractivity contribution in [2.24, 2.45) is 0 Å². The lowest BCUT2D eigenvalue weighted by Crippen LogP contribution is -2.39. The van der Waals surface area contributed by atoms with Crippen LogP contribution in [-0.2, 0) is 24.4 Å². The lowest BCUT2D eigenvalue weighted by molar-refractivity contribution is -0.140. The molecule has 4 aromatic carbocycles. The van der Waals surface area contributed by atoms with E-state index in [0.717, 1.165) is 24.0 Å². The van der Waals surface area contributed by atoms with Gasteiger partial charge < -0.3 is 19.7 Å². The van der Waals surface area contributed by atoms with Crippen molar-refractivity contribution in [3.8, 4) is 28.7 Å². The Labute approximate surface area is 254 Å². The Morgan fingerprint density at radius 2 is 1.93 bits per heavy atom. The normalized spacial score (nSPS) is 14.3. The lowest BCUT2D eigenvalue weighted by atomic mass is 9.97. The van der Waals surface area contributed by atoms with Crippen LogP contribution in [0.2, 0.25) is 5.02 Å². The van der Waals surface area contributed by atoms with Crippen molar-refractivity contribution >= 4 is 23.3 Å². The van der Waals surface area contributed by atoms with Gasteiger partial charge in [0.05, 0.1) is 24.3 Å². The molecule has 43 heavy (non-hydrogen) atoms. The van der Waals surface area contributed by atoms with Gasteiger partial charge >= 0.3 is 5.97 Å². The number of nitrogens with zero attached hydrogens (tertiary/aromatic N) is 2. The van der Waals surface area contributed by atoms with Gasteiger partial charge in [0.2, 0.25) is 0 Å². The van der Waals surface area contributed by atoms with E-state index in [1.807, 2.05) is 24.3 Å². The zero-order valence-electron chi connectivity index (χ0n) is 23.1. The molecule has 216 valence electrons. The Kier molecular flexibility index (Phi) is 9.24. The number of carboxylic acid groups (broad SMARTS) is 1. The summed E-state index contributed by atoms with van der Waals surface area (Å²) in [7, 11) is 0. The highest BCUT2D eigenvalue weighted by Crippen LogP contribution is 2.43. The van der Waals surface area contributed by atoms with Crippen molar-refractivity contribution in [3.05, 3.63) is 123 Å². The topological polar surface area (TPSA) is 116 Å². The molecule has 9 heteroatoms. The molecule has 5 rings (SSSR count). The summed E-state index contributed by atoms with van der Waals surface area (Å²) in [6.45, 7) is 6.83. The summed E-state index contributed by atoms with van der Waals surface area (Å²) >= 11 is 6.70. The van der Waals surface area contributed by atoms with Crippen LogP contribution in [0.5, 0.6) is 11.5 Å². The zero-order chi connectivity index (χ0) is 30.3. The Morgan fingerprint density at radius 3 is 2.65 bits per heavy atom. The fraction of sp³-hybridized carbons (Fsp3) is 0.206. The van der Waals surface area contributed by atoms with Gasteiger partial charge in [0.15, 0.2) is 5.69 Å². The van der Waals surface area contributed by atoms with Gasteiger partial charge in [-0.05, 0) is 64.9 Å².